The number of nitrogens with zero attached hydrogens (tertiary/aromatic N) is 4. The molecule has 1 amide bonds. The molecule has 160 valence electrons. The largest absolute Gasteiger partial charge is 0.349 e. The number of amides is 1. The first kappa shape index (κ1) is 20.1. The summed E-state index contributed by atoms with van der Waals surface area (Å²) in [5.74, 6) is 0.0626. The van der Waals surface area contributed by atoms with Gasteiger partial charge in [-0.05, 0) is 68.5 Å². The van der Waals surface area contributed by atoms with E-state index in [2.05, 4.69) is 43.1 Å². The molecule has 0 aliphatic heterocycles. The number of nitrogens with one attached hydrogen (secondary N) is 2. The van der Waals surface area contributed by atoms with Gasteiger partial charge < -0.3 is 15.2 Å². The minimum atomic E-state index is 0.0626. The van der Waals surface area contributed by atoms with E-state index in [-0.39, 0.29) is 11.9 Å². The maximum absolute atomic E-state index is 13.3. The molecule has 0 bridgehead atoms. The summed E-state index contributed by atoms with van der Waals surface area (Å²) in [6.45, 7) is 3.57. The Morgan fingerprint density at radius 3 is 2.97 bits per heavy atom. The first-order chi connectivity index (χ1) is 15.2. The minimum absolute atomic E-state index is 0.0626. The number of carbonyl (C=O) groups is 1. The van der Waals surface area contributed by atoms with Crippen LogP contribution in [0.5, 0.6) is 0 Å². The Morgan fingerprint density at radius 2 is 2.10 bits per heavy atom. The van der Waals surface area contributed by atoms with Gasteiger partial charge in [0.2, 0.25) is 0 Å². The lowest BCUT2D eigenvalue weighted by molar-refractivity contribution is 0.0623. The summed E-state index contributed by atoms with van der Waals surface area (Å²) in [5.41, 5.74) is 5.49. The van der Waals surface area contributed by atoms with E-state index >= 15 is 0 Å². The topological polar surface area (TPSA) is 86.8 Å². The van der Waals surface area contributed by atoms with Gasteiger partial charge in [-0.15, -0.1) is 0 Å². The second kappa shape index (κ2) is 8.72. The van der Waals surface area contributed by atoms with Gasteiger partial charge in [-0.25, -0.2) is 0 Å². The zero-order valence-corrected chi connectivity index (χ0v) is 18.4. The number of fused-ring (bicyclic) bond motifs is 2. The third-order valence-corrected chi connectivity index (χ3v) is 6.78. The Hall–Kier alpha value is -2.84. The van der Waals surface area contributed by atoms with Crippen LogP contribution in [0, 0.1) is 0 Å². The van der Waals surface area contributed by atoms with Crippen molar-refractivity contribution in [2.75, 3.05) is 6.54 Å². The fourth-order valence-electron chi connectivity index (χ4n) is 4.63. The second-order valence-electron chi connectivity index (χ2n) is 8.20. The maximum atomic E-state index is 13.3. The van der Waals surface area contributed by atoms with Gasteiger partial charge in [0.25, 0.3) is 5.91 Å². The molecule has 1 aliphatic rings. The molecule has 2 N–H and O–H groups in total. The van der Waals surface area contributed by atoms with E-state index in [4.69, 9.17) is 0 Å². The van der Waals surface area contributed by atoms with Crippen LogP contribution in [-0.2, 0) is 6.54 Å². The average Bonchev–Trinajstić information content (AvgIpc) is 3.45. The molecule has 5 rings (SSSR count). The molecule has 2 atom stereocenters. The number of benzene rings is 1. The highest BCUT2D eigenvalue weighted by Crippen LogP contribution is 2.26. The SMILES string of the molecule is CCN(C(=O)c1cc2ncccc2[nH]1)C1CCCC(NCc2ccc3nsnc3c2)C1. The molecule has 31 heavy (non-hydrogen) atoms. The van der Waals surface area contributed by atoms with Gasteiger partial charge in [-0.3, -0.25) is 9.78 Å². The molecule has 3 aromatic heterocycles. The predicted molar refractivity (Wildman–Crippen MR) is 123 cm³/mol. The van der Waals surface area contributed by atoms with Crippen molar-refractivity contribution in [3.63, 3.8) is 0 Å². The first-order valence-corrected chi connectivity index (χ1v) is 11.6. The van der Waals surface area contributed by atoms with Crippen molar-refractivity contribution in [1.82, 2.24) is 28.9 Å². The van der Waals surface area contributed by atoms with E-state index in [9.17, 15) is 4.79 Å². The summed E-state index contributed by atoms with van der Waals surface area (Å²) >= 11 is 1.25. The molecule has 7 nitrogen and oxygen atoms in total. The predicted octanol–water partition coefficient (Wildman–Crippen LogP) is 4.13. The zero-order chi connectivity index (χ0) is 21.2. The van der Waals surface area contributed by atoms with Crippen molar-refractivity contribution in [1.29, 1.82) is 0 Å². The lowest BCUT2D eigenvalue weighted by Crippen LogP contribution is -2.46. The molecule has 1 aromatic carbocycles. The average molecular weight is 435 g/mol. The summed E-state index contributed by atoms with van der Waals surface area (Å²) < 4.78 is 8.61. The fraction of sp³-hybridized carbons (Fsp3) is 0.391. The quantitative estimate of drug-likeness (QED) is 0.476. The summed E-state index contributed by atoms with van der Waals surface area (Å²) in [4.78, 5) is 22.9. The molecule has 1 saturated carbocycles. The number of carbonyl (C=O) groups excluding carboxylic acids is 1. The molecule has 1 fully saturated rings. The Labute approximate surface area is 185 Å². The molecule has 1 aliphatic carbocycles. The van der Waals surface area contributed by atoms with Crippen molar-refractivity contribution in [2.24, 2.45) is 0 Å². The standard InChI is InChI=1S/C23H26N6OS/c1-2-29(23(30)22-13-20-18(26-22)7-4-10-24-20)17-6-3-5-16(12-17)25-14-15-8-9-19-21(11-15)28-31-27-19/h4,7-11,13,16-17,25-26H,2-3,5-6,12,14H2,1H3. The van der Waals surface area contributed by atoms with E-state index in [1.807, 2.05) is 29.2 Å². The smallest absolute Gasteiger partial charge is 0.270 e. The van der Waals surface area contributed by atoms with Gasteiger partial charge in [-0.2, -0.15) is 8.75 Å². The van der Waals surface area contributed by atoms with Crippen molar-refractivity contribution in [2.45, 2.75) is 51.2 Å². The van der Waals surface area contributed by atoms with E-state index in [0.29, 0.717) is 18.3 Å². The van der Waals surface area contributed by atoms with Crippen LogP contribution in [0.25, 0.3) is 22.1 Å². The number of aromatic nitrogens is 4. The van der Waals surface area contributed by atoms with Crippen molar-refractivity contribution < 1.29 is 4.79 Å². The van der Waals surface area contributed by atoms with E-state index < -0.39 is 0 Å². The molecule has 0 saturated heterocycles. The van der Waals surface area contributed by atoms with Crippen LogP contribution in [0.3, 0.4) is 0 Å². The highest BCUT2D eigenvalue weighted by atomic mass is 32.1. The van der Waals surface area contributed by atoms with Gasteiger partial charge in [0.05, 0.1) is 22.8 Å². The molecule has 2 unspecified atom stereocenters. The van der Waals surface area contributed by atoms with Crippen LogP contribution in [0.4, 0.5) is 0 Å². The molecule has 3 heterocycles. The molecular formula is C23H26N6OS. The Kier molecular flexibility index (Phi) is 5.65. The Bertz CT molecular complexity index is 1170. The third kappa shape index (κ3) is 4.18. The molecule has 0 spiro atoms. The molecule has 4 aromatic rings. The van der Waals surface area contributed by atoms with Crippen molar-refractivity contribution in [3.8, 4) is 0 Å². The van der Waals surface area contributed by atoms with E-state index in [0.717, 1.165) is 54.3 Å². The van der Waals surface area contributed by atoms with Crippen LogP contribution in [0.2, 0.25) is 0 Å². The Balaban J connectivity index is 1.25. The highest BCUT2D eigenvalue weighted by Gasteiger charge is 2.30. The number of aromatic amines is 1. The highest BCUT2D eigenvalue weighted by molar-refractivity contribution is 7.00. The van der Waals surface area contributed by atoms with Gasteiger partial charge in [-0.1, -0.05) is 6.07 Å². The zero-order valence-electron chi connectivity index (χ0n) is 17.5. The van der Waals surface area contributed by atoms with Crippen LogP contribution in [0.1, 0.15) is 48.7 Å². The number of hydrogen-bond acceptors (Lipinski definition) is 6. The first-order valence-electron chi connectivity index (χ1n) is 10.9. The molecule has 0 radical (unpaired) electrons. The number of hydrogen-bond donors (Lipinski definition) is 2. The maximum Gasteiger partial charge on any atom is 0.270 e. The normalized spacial score (nSPS) is 19.1. The van der Waals surface area contributed by atoms with E-state index in [1.54, 1.807) is 6.20 Å². The third-order valence-electron chi connectivity index (χ3n) is 6.22. The van der Waals surface area contributed by atoms with Crippen molar-refractivity contribution >= 4 is 39.7 Å². The van der Waals surface area contributed by atoms with Gasteiger partial charge in [0.1, 0.15) is 16.7 Å². The second-order valence-corrected chi connectivity index (χ2v) is 8.72. The van der Waals surface area contributed by atoms with Gasteiger partial charge in [0.15, 0.2) is 0 Å². The lowest BCUT2D eigenvalue weighted by atomic mass is 9.89. The van der Waals surface area contributed by atoms with Crippen LogP contribution >= 0.6 is 11.7 Å². The minimum Gasteiger partial charge on any atom is -0.349 e. The number of rotatable bonds is 6. The summed E-state index contributed by atoms with van der Waals surface area (Å²) in [6.07, 6.45) is 6.03. The summed E-state index contributed by atoms with van der Waals surface area (Å²) in [7, 11) is 0. The monoisotopic (exact) mass is 434 g/mol. The van der Waals surface area contributed by atoms with Crippen LogP contribution in [-0.4, -0.2) is 48.2 Å². The molecule has 8 heteroatoms. The van der Waals surface area contributed by atoms with Crippen molar-refractivity contribution in [3.05, 3.63) is 53.9 Å². The van der Waals surface area contributed by atoms with E-state index in [1.165, 1.54) is 17.3 Å². The van der Waals surface area contributed by atoms with Gasteiger partial charge >= 0.3 is 0 Å². The number of pyridine rings is 1. The van der Waals surface area contributed by atoms with Crippen LogP contribution < -0.4 is 5.32 Å². The van der Waals surface area contributed by atoms with Crippen LogP contribution in [0.15, 0.2) is 42.6 Å². The summed E-state index contributed by atoms with van der Waals surface area (Å²) in [6, 6.07) is 12.6. The number of H-pyrrole nitrogens is 1. The Morgan fingerprint density at radius 1 is 1.19 bits per heavy atom. The molecular weight excluding hydrogens is 408 g/mol. The fourth-order valence-corrected chi connectivity index (χ4v) is 5.14. The lowest BCUT2D eigenvalue weighted by Gasteiger charge is -2.37. The summed E-state index contributed by atoms with van der Waals surface area (Å²) in [5, 5.41) is 3.70. The van der Waals surface area contributed by atoms with Gasteiger partial charge in [0, 0.05) is 31.4 Å².